The summed E-state index contributed by atoms with van der Waals surface area (Å²) in [5.74, 6) is -0.707. The predicted octanol–water partition coefficient (Wildman–Crippen LogP) is 5.10. The van der Waals surface area contributed by atoms with Crippen molar-refractivity contribution in [1.29, 1.82) is 0 Å². The first-order valence-corrected chi connectivity index (χ1v) is 12.1. The van der Waals surface area contributed by atoms with Crippen molar-refractivity contribution in [2.45, 2.75) is 90.6 Å². The third-order valence-electron chi connectivity index (χ3n) is 5.75. The van der Waals surface area contributed by atoms with Crippen LogP contribution < -0.4 is 0 Å². The Balaban J connectivity index is 2.27. The minimum atomic E-state index is -0.825. The highest BCUT2D eigenvalue weighted by Gasteiger charge is 2.39. The lowest BCUT2D eigenvalue weighted by Crippen LogP contribution is -2.49. The van der Waals surface area contributed by atoms with Crippen molar-refractivity contribution < 1.29 is 32.9 Å². The number of nitrogens with zero attached hydrogens (tertiary/aromatic N) is 1. The van der Waals surface area contributed by atoms with Crippen LogP contribution in [0.5, 0.6) is 0 Å². The fourth-order valence-corrected chi connectivity index (χ4v) is 4.25. The van der Waals surface area contributed by atoms with Crippen LogP contribution in [-0.2, 0) is 30.2 Å². The first-order valence-electron chi connectivity index (χ1n) is 12.1. The van der Waals surface area contributed by atoms with E-state index in [4.69, 9.17) is 18.9 Å². The Kier molecular flexibility index (Phi) is 10.8. The zero-order valence-corrected chi connectivity index (χ0v) is 21.3. The molecule has 8 heteroatoms. The molecule has 1 saturated heterocycles. The summed E-state index contributed by atoms with van der Waals surface area (Å²) in [6, 6.07) is 5.64. The van der Waals surface area contributed by atoms with E-state index in [9.17, 15) is 14.0 Å². The summed E-state index contributed by atoms with van der Waals surface area (Å²) in [7, 11) is 1.47. The summed E-state index contributed by atoms with van der Waals surface area (Å²) in [6.45, 7) is 9.63. The molecule has 1 aromatic rings. The molecule has 7 nitrogen and oxygen atoms in total. The van der Waals surface area contributed by atoms with Gasteiger partial charge < -0.3 is 18.9 Å². The van der Waals surface area contributed by atoms with Crippen LogP contribution >= 0.6 is 0 Å². The molecule has 0 spiro atoms. The predicted molar refractivity (Wildman–Crippen MR) is 127 cm³/mol. The lowest BCUT2D eigenvalue weighted by atomic mass is 9.86. The molecule has 0 bridgehead atoms. The minimum Gasteiger partial charge on any atom is -0.458 e. The van der Waals surface area contributed by atoms with Gasteiger partial charge in [0.15, 0.2) is 0 Å². The van der Waals surface area contributed by atoms with Crippen LogP contribution in [0.2, 0.25) is 0 Å². The normalized spacial score (nSPS) is 23.9. The number of amides is 1. The standard InChI is InChI=1S/C26H40FNO6/c1-7-15-32-23-18(2)33-24(29)22(28(17-31-6)25(30)34-26(3,4)5)10-8-9-20(23)16-19-11-13-21(27)14-12-19/h11-14,18,20,22-23H,7-10,15-17H2,1-6H3/t18-,20+,22-,23-/m0/s1. The van der Waals surface area contributed by atoms with Crippen LogP contribution in [-0.4, -0.2) is 61.3 Å². The monoisotopic (exact) mass is 481 g/mol. The molecule has 1 amide bonds. The van der Waals surface area contributed by atoms with E-state index >= 15 is 0 Å². The first kappa shape index (κ1) is 28.1. The molecule has 1 aliphatic rings. The third-order valence-corrected chi connectivity index (χ3v) is 5.75. The minimum absolute atomic E-state index is 0.0657. The Hall–Kier alpha value is -2.19. The van der Waals surface area contributed by atoms with E-state index in [1.165, 1.54) is 24.1 Å². The van der Waals surface area contributed by atoms with Gasteiger partial charge in [0.25, 0.3) is 0 Å². The van der Waals surface area contributed by atoms with Crippen LogP contribution in [0.25, 0.3) is 0 Å². The quantitative estimate of drug-likeness (QED) is 0.380. The maximum Gasteiger partial charge on any atom is 0.412 e. The topological polar surface area (TPSA) is 74.3 Å². The van der Waals surface area contributed by atoms with Crippen molar-refractivity contribution in [2.24, 2.45) is 5.92 Å². The highest BCUT2D eigenvalue weighted by molar-refractivity contribution is 5.81. The number of hydrogen-bond donors (Lipinski definition) is 0. The number of carbonyl (C=O) groups is 2. The molecule has 1 aromatic carbocycles. The molecule has 34 heavy (non-hydrogen) atoms. The molecular formula is C26H40FNO6. The largest absolute Gasteiger partial charge is 0.458 e. The molecule has 4 atom stereocenters. The maximum absolute atomic E-state index is 13.4. The molecule has 0 N–H and O–H groups in total. The molecule has 0 aromatic heterocycles. The van der Waals surface area contributed by atoms with Gasteiger partial charge in [-0.25, -0.2) is 14.0 Å². The molecule has 2 rings (SSSR count). The van der Waals surface area contributed by atoms with Crippen LogP contribution in [0.4, 0.5) is 9.18 Å². The average molecular weight is 482 g/mol. The van der Waals surface area contributed by atoms with Gasteiger partial charge in [0, 0.05) is 13.7 Å². The summed E-state index contributed by atoms with van der Waals surface area (Å²) in [4.78, 5) is 27.4. The van der Waals surface area contributed by atoms with Gasteiger partial charge in [-0.2, -0.15) is 0 Å². The zero-order chi connectivity index (χ0) is 25.3. The Morgan fingerprint density at radius 1 is 1.21 bits per heavy atom. The van der Waals surface area contributed by atoms with Crippen molar-refractivity contribution in [1.82, 2.24) is 4.90 Å². The van der Waals surface area contributed by atoms with Gasteiger partial charge in [-0.05, 0) is 77.0 Å². The highest BCUT2D eigenvalue weighted by Crippen LogP contribution is 2.29. The van der Waals surface area contributed by atoms with E-state index < -0.39 is 29.8 Å². The van der Waals surface area contributed by atoms with E-state index in [0.717, 1.165) is 18.4 Å². The van der Waals surface area contributed by atoms with Crippen molar-refractivity contribution in [3.8, 4) is 0 Å². The Morgan fingerprint density at radius 2 is 1.88 bits per heavy atom. The highest BCUT2D eigenvalue weighted by atomic mass is 19.1. The van der Waals surface area contributed by atoms with Gasteiger partial charge in [-0.1, -0.05) is 25.5 Å². The number of cyclic esters (lactones) is 1. The molecule has 0 saturated carbocycles. The van der Waals surface area contributed by atoms with Gasteiger partial charge in [0.1, 0.15) is 30.3 Å². The van der Waals surface area contributed by atoms with Crippen molar-refractivity contribution in [3.05, 3.63) is 35.6 Å². The number of rotatable bonds is 8. The lowest BCUT2D eigenvalue weighted by molar-refractivity contribution is -0.166. The van der Waals surface area contributed by atoms with E-state index in [1.807, 2.05) is 13.8 Å². The van der Waals surface area contributed by atoms with Gasteiger partial charge in [0.2, 0.25) is 0 Å². The van der Waals surface area contributed by atoms with Gasteiger partial charge in [-0.3, -0.25) is 4.90 Å². The van der Waals surface area contributed by atoms with Crippen molar-refractivity contribution in [3.63, 3.8) is 0 Å². The summed E-state index contributed by atoms with van der Waals surface area (Å²) < 4.78 is 36.2. The SMILES string of the molecule is CCCO[C@@H]1[C@@H](Cc2ccc(F)cc2)CCC[C@H](N(COC)C(=O)OC(C)(C)C)C(=O)O[C@H]1C. The summed E-state index contributed by atoms with van der Waals surface area (Å²) in [6.07, 6.45) is 1.90. The third kappa shape index (κ3) is 8.55. The molecule has 1 fully saturated rings. The number of carbonyl (C=O) groups excluding carboxylic acids is 2. The molecular weight excluding hydrogens is 441 g/mol. The summed E-state index contributed by atoms with van der Waals surface area (Å²) in [5.41, 5.74) is 0.290. The van der Waals surface area contributed by atoms with Crippen LogP contribution in [0.1, 0.15) is 65.9 Å². The maximum atomic E-state index is 13.4. The number of ether oxygens (including phenoxy) is 4. The second-order valence-electron chi connectivity index (χ2n) is 9.88. The fraction of sp³-hybridized carbons (Fsp3) is 0.692. The smallest absolute Gasteiger partial charge is 0.412 e. The van der Waals surface area contributed by atoms with Crippen LogP contribution in [0.3, 0.4) is 0 Å². The molecule has 192 valence electrons. The number of halogens is 1. The summed E-state index contributed by atoms with van der Waals surface area (Å²) in [5, 5.41) is 0. The van der Waals surface area contributed by atoms with Crippen molar-refractivity contribution in [2.75, 3.05) is 20.4 Å². The van der Waals surface area contributed by atoms with Crippen molar-refractivity contribution >= 4 is 12.1 Å². The molecule has 0 radical (unpaired) electrons. The zero-order valence-electron chi connectivity index (χ0n) is 21.3. The van der Waals surface area contributed by atoms with Crippen LogP contribution in [0, 0.1) is 11.7 Å². The van der Waals surface area contributed by atoms with E-state index in [1.54, 1.807) is 32.9 Å². The van der Waals surface area contributed by atoms with Gasteiger partial charge in [-0.15, -0.1) is 0 Å². The summed E-state index contributed by atoms with van der Waals surface area (Å²) >= 11 is 0. The van der Waals surface area contributed by atoms with E-state index in [0.29, 0.717) is 25.9 Å². The molecule has 0 unspecified atom stereocenters. The molecule has 1 heterocycles. The first-order chi connectivity index (χ1) is 16.1. The van der Waals surface area contributed by atoms with Gasteiger partial charge >= 0.3 is 12.1 Å². The van der Waals surface area contributed by atoms with E-state index in [2.05, 4.69) is 0 Å². The molecule has 1 aliphatic heterocycles. The number of hydrogen-bond acceptors (Lipinski definition) is 6. The number of benzene rings is 1. The van der Waals surface area contributed by atoms with Gasteiger partial charge in [0.05, 0.1) is 6.10 Å². The second-order valence-corrected chi connectivity index (χ2v) is 9.88. The second kappa shape index (κ2) is 13.0. The number of methoxy groups -OCH3 is 1. The Labute approximate surface area is 202 Å². The van der Waals surface area contributed by atoms with E-state index in [-0.39, 0.29) is 24.6 Å². The Bertz CT molecular complexity index is 778. The fourth-order valence-electron chi connectivity index (χ4n) is 4.25. The number of esters is 1. The van der Waals surface area contributed by atoms with Crippen LogP contribution in [0.15, 0.2) is 24.3 Å². The molecule has 0 aliphatic carbocycles. The lowest BCUT2D eigenvalue weighted by Gasteiger charge is -2.33. The Morgan fingerprint density at radius 3 is 2.47 bits per heavy atom. The average Bonchev–Trinajstić information content (AvgIpc) is 2.80.